The van der Waals surface area contributed by atoms with Crippen LogP contribution in [0.2, 0.25) is 0 Å². The van der Waals surface area contributed by atoms with Crippen molar-refractivity contribution in [3.8, 4) is 11.5 Å². The minimum atomic E-state index is -4.37. The van der Waals surface area contributed by atoms with Crippen LogP contribution in [0.1, 0.15) is 5.56 Å². The van der Waals surface area contributed by atoms with E-state index < -0.39 is 11.7 Å². The van der Waals surface area contributed by atoms with Crippen molar-refractivity contribution in [3.05, 3.63) is 70.7 Å². The first-order chi connectivity index (χ1) is 10.4. The number of hydrogen-bond donors (Lipinski definition) is 0. The van der Waals surface area contributed by atoms with Gasteiger partial charge in [0.05, 0.1) is 10.0 Å². The number of rotatable bonds is 2. The molecule has 3 aromatic rings. The van der Waals surface area contributed by atoms with Crippen molar-refractivity contribution in [2.45, 2.75) is 6.18 Å². The number of alkyl halides is 3. The van der Waals surface area contributed by atoms with E-state index in [2.05, 4.69) is 15.9 Å². The fraction of sp³-hybridized carbons (Fsp3) is 0.0588. The highest BCUT2D eigenvalue weighted by Gasteiger charge is 2.31. The minimum absolute atomic E-state index is 0.260. The molecular formula is C17H10BrF3O. The van der Waals surface area contributed by atoms with E-state index in [1.54, 1.807) is 6.07 Å². The molecule has 5 heteroatoms. The van der Waals surface area contributed by atoms with Gasteiger partial charge in [-0.25, -0.2) is 0 Å². The molecule has 1 nitrogen and oxygen atoms in total. The summed E-state index contributed by atoms with van der Waals surface area (Å²) in [5.41, 5.74) is -0.717. The Hall–Kier alpha value is -2.01. The fourth-order valence-corrected chi connectivity index (χ4v) is 2.58. The van der Waals surface area contributed by atoms with Gasteiger partial charge in [-0.3, -0.25) is 0 Å². The minimum Gasteiger partial charge on any atom is -0.456 e. The predicted molar refractivity (Wildman–Crippen MR) is 83.2 cm³/mol. The summed E-state index contributed by atoms with van der Waals surface area (Å²) in [5, 5.41) is 2.07. The monoisotopic (exact) mass is 366 g/mol. The molecule has 0 N–H and O–H groups in total. The standard InChI is InChI=1S/C17H10BrF3O/c18-15-10-13(17(19,20)21)6-8-16(15)22-14-7-5-11-3-1-2-4-12(11)9-14/h1-10H. The largest absolute Gasteiger partial charge is 0.456 e. The molecule has 0 atom stereocenters. The number of benzene rings is 3. The lowest BCUT2D eigenvalue weighted by atomic mass is 10.1. The Balaban J connectivity index is 1.91. The summed E-state index contributed by atoms with van der Waals surface area (Å²) < 4.78 is 43.8. The third kappa shape index (κ3) is 3.09. The molecule has 112 valence electrons. The maximum absolute atomic E-state index is 12.6. The molecule has 0 saturated carbocycles. The van der Waals surface area contributed by atoms with E-state index in [9.17, 15) is 13.2 Å². The second kappa shape index (κ2) is 5.65. The SMILES string of the molecule is FC(F)(F)c1ccc(Oc2ccc3ccccc3c2)c(Br)c1. The molecule has 0 heterocycles. The Morgan fingerprint density at radius 1 is 0.818 bits per heavy atom. The van der Waals surface area contributed by atoms with E-state index in [0.29, 0.717) is 11.5 Å². The summed E-state index contributed by atoms with van der Waals surface area (Å²) in [6.07, 6.45) is -4.37. The highest BCUT2D eigenvalue weighted by Crippen LogP contribution is 2.37. The van der Waals surface area contributed by atoms with E-state index in [-0.39, 0.29) is 4.47 Å². The van der Waals surface area contributed by atoms with Gasteiger partial charge in [0.2, 0.25) is 0 Å². The quantitative estimate of drug-likeness (QED) is 0.508. The van der Waals surface area contributed by atoms with E-state index in [4.69, 9.17) is 4.74 Å². The molecule has 0 aliphatic carbocycles. The van der Waals surface area contributed by atoms with Crippen molar-refractivity contribution in [1.29, 1.82) is 0 Å². The highest BCUT2D eigenvalue weighted by molar-refractivity contribution is 9.10. The third-order valence-corrected chi connectivity index (χ3v) is 3.83. The first kappa shape index (κ1) is 14.9. The lowest BCUT2D eigenvalue weighted by Gasteiger charge is -2.11. The number of ether oxygens (including phenoxy) is 1. The molecule has 3 aromatic carbocycles. The highest BCUT2D eigenvalue weighted by atomic mass is 79.9. The second-order valence-electron chi connectivity index (χ2n) is 4.75. The van der Waals surface area contributed by atoms with Crippen LogP contribution in [-0.4, -0.2) is 0 Å². The molecule has 0 bridgehead atoms. The third-order valence-electron chi connectivity index (χ3n) is 3.21. The topological polar surface area (TPSA) is 9.23 Å². The Morgan fingerprint density at radius 2 is 1.55 bits per heavy atom. The Labute approximate surface area is 133 Å². The van der Waals surface area contributed by atoms with Crippen LogP contribution in [0.3, 0.4) is 0 Å². The van der Waals surface area contributed by atoms with Crippen molar-refractivity contribution in [2.24, 2.45) is 0 Å². The second-order valence-corrected chi connectivity index (χ2v) is 5.61. The van der Waals surface area contributed by atoms with Crippen molar-refractivity contribution in [2.75, 3.05) is 0 Å². The Morgan fingerprint density at radius 3 is 2.23 bits per heavy atom. The lowest BCUT2D eigenvalue weighted by Crippen LogP contribution is -2.04. The Bertz CT molecular complexity index is 827. The van der Waals surface area contributed by atoms with Crippen LogP contribution in [0, 0.1) is 0 Å². The first-order valence-electron chi connectivity index (χ1n) is 6.47. The summed E-state index contributed by atoms with van der Waals surface area (Å²) in [5.74, 6) is 0.905. The van der Waals surface area contributed by atoms with Crippen molar-refractivity contribution >= 4 is 26.7 Å². The smallest absolute Gasteiger partial charge is 0.416 e. The van der Waals surface area contributed by atoms with Crippen LogP contribution in [-0.2, 0) is 6.18 Å². The van der Waals surface area contributed by atoms with Gasteiger partial charge in [-0.2, -0.15) is 13.2 Å². The van der Waals surface area contributed by atoms with Crippen LogP contribution in [0.4, 0.5) is 13.2 Å². The van der Waals surface area contributed by atoms with E-state index >= 15 is 0 Å². The van der Waals surface area contributed by atoms with E-state index in [1.807, 2.05) is 36.4 Å². The molecule has 22 heavy (non-hydrogen) atoms. The van der Waals surface area contributed by atoms with Gasteiger partial charge >= 0.3 is 6.18 Å². The van der Waals surface area contributed by atoms with Gasteiger partial charge in [0.1, 0.15) is 11.5 Å². The molecule has 0 amide bonds. The van der Waals surface area contributed by atoms with Crippen LogP contribution >= 0.6 is 15.9 Å². The molecule has 3 rings (SSSR count). The molecule has 0 aliphatic rings. The molecule has 0 unspecified atom stereocenters. The zero-order valence-electron chi connectivity index (χ0n) is 11.2. The van der Waals surface area contributed by atoms with Crippen LogP contribution in [0.5, 0.6) is 11.5 Å². The van der Waals surface area contributed by atoms with Crippen LogP contribution in [0.15, 0.2) is 65.1 Å². The van der Waals surface area contributed by atoms with Crippen molar-refractivity contribution in [3.63, 3.8) is 0 Å². The predicted octanol–water partition coefficient (Wildman–Crippen LogP) is 6.41. The summed E-state index contributed by atoms with van der Waals surface area (Å²) in [4.78, 5) is 0. The summed E-state index contributed by atoms with van der Waals surface area (Å²) in [6, 6.07) is 16.6. The van der Waals surface area contributed by atoms with Gasteiger partial charge in [0, 0.05) is 0 Å². The zero-order chi connectivity index (χ0) is 15.7. The van der Waals surface area contributed by atoms with Gasteiger partial charge in [0.25, 0.3) is 0 Å². The molecular weight excluding hydrogens is 357 g/mol. The molecule has 0 fully saturated rings. The first-order valence-corrected chi connectivity index (χ1v) is 7.26. The molecule has 0 radical (unpaired) electrons. The summed E-state index contributed by atoms with van der Waals surface area (Å²) >= 11 is 3.12. The van der Waals surface area contributed by atoms with Gasteiger partial charge < -0.3 is 4.74 Å². The van der Waals surface area contributed by atoms with Gasteiger partial charge in [0.15, 0.2) is 0 Å². The molecule has 0 saturated heterocycles. The number of halogens is 4. The average Bonchev–Trinajstić information content (AvgIpc) is 2.48. The maximum Gasteiger partial charge on any atom is 0.416 e. The molecule has 0 aliphatic heterocycles. The lowest BCUT2D eigenvalue weighted by molar-refractivity contribution is -0.137. The number of hydrogen-bond acceptors (Lipinski definition) is 1. The summed E-state index contributed by atoms with van der Waals surface area (Å²) in [6.45, 7) is 0. The van der Waals surface area contributed by atoms with E-state index in [1.165, 1.54) is 6.07 Å². The molecule has 0 spiro atoms. The van der Waals surface area contributed by atoms with Crippen LogP contribution in [0.25, 0.3) is 10.8 Å². The zero-order valence-corrected chi connectivity index (χ0v) is 12.8. The molecule has 0 aromatic heterocycles. The summed E-state index contributed by atoms with van der Waals surface area (Å²) in [7, 11) is 0. The maximum atomic E-state index is 12.6. The Kier molecular flexibility index (Phi) is 3.83. The normalized spacial score (nSPS) is 11.6. The van der Waals surface area contributed by atoms with Gasteiger partial charge in [-0.1, -0.05) is 30.3 Å². The van der Waals surface area contributed by atoms with Gasteiger partial charge in [-0.05, 0) is 57.0 Å². The van der Waals surface area contributed by atoms with Crippen LogP contribution < -0.4 is 4.74 Å². The van der Waals surface area contributed by atoms with Crippen molar-refractivity contribution in [1.82, 2.24) is 0 Å². The average molecular weight is 367 g/mol. The number of fused-ring (bicyclic) bond motifs is 1. The van der Waals surface area contributed by atoms with Gasteiger partial charge in [-0.15, -0.1) is 0 Å². The fourth-order valence-electron chi connectivity index (χ4n) is 2.12. The van der Waals surface area contributed by atoms with E-state index in [0.717, 1.165) is 22.9 Å². The van der Waals surface area contributed by atoms with Crippen molar-refractivity contribution < 1.29 is 17.9 Å².